The predicted molar refractivity (Wildman–Crippen MR) is 68.4 cm³/mol. The normalized spacial score (nSPS) is 12.9. The van der Waals surface area contributed by atoms with Crippen LogP contribution in [0.2, 0.25) is 39.3 Å². The molecule has 1 radical (unpaired) electrons. The van der Waals surface area contributed by atoms with Crippen LogP contribution in [0, 0.1) is 0 Å². The van der Waals surface area contributed by atoms with Crippen LogP contribution in [0.4, 0.5) is 0 Å². The van der Waals surface area contributed by atoms with E-state index in [1.165, 1.54) is 0 Å². The van der Waals surface area contributed by atoms with Crippen molar-refractivity contribution in [1.29, 1.82) is 0 Å². The molecule has 0 aromatic carbocycles. The van der Waals surface area contributed by atoms with E-state index in [1.54, 1.807) is 0 Å². The molecule has 0 rings (SSSR count). The Labute approximate surface area is 100 Å². The topological polar surface area (TPSA) is 54.0 Å². The molecule has 0 saturated heterocycles. The van der Waals surface area contributed by atoms with Crippen molar-refractivity contribution < 1.29 is 23.7 Å². The Kier molecular flexibility index (Phi) is 7.12. The summed E-state index contributed by atoms with van der Waals surface area (Å²) in [6.45, 7) is 12.7. The van der Waals surface area contributed by atoms with Crippen LogP contribution in [0.25, 0.3) is 0 Å². The van der Waals surface area contributed by atoms with Crippen molar-refractivity contribution in [2.24, 2.45) is 0 Å². The first-order chi connectivity index (χ1) is 7.10. The van der Waals surface area contributed by atoms with Gasteiger partial charge in [0.05, 0.1) is 28.6 Å². The average Bonchev–Trinajstić information content (AvgIpc) is 1.98. The van der Waals surface area contributed by atoms with Gasteiger partial charge in [-0.2, -0.15) is 0 Å². The van der Waals surface area contributed by atoms with Crippen LogP contribution in [0.3, 0.4) is 0 Å². The van der Waals surface area contributed by atoms with Crippen molar-refractivity contribution in [3.05, 3.63) is 0 Å². The number of hydrogen-bond acceptors (Lipinski definition) is 5. The number of hydrogen-bond donors (Lipinski definition) is 0. The molecule has 0 aliphatic heterocycles. The lowest BCUT2D eigenvalue weighted by atomic mass is 11.6. The second-order valence-electron chi connectivity index (χ2n) is 6.02. The summed E-state index contributed by atoms with van der Waals surface area (Å²) < 4.78 is 20.2. The van der Waals surface area contributed by atoms with Crippen molar-refractivity contribution in [2.45, 2.75) is 39.3 Å². The second-order valence-corrected chi connectivity index (χ2v) is 17.6. The minimum atomic E-state index is -2.34. The van der Waals surface area contributed by atoms with Gasteiger partial charge in [-0.15, -0.1) is 9.35 Å². The Morgan fingerprint density at radius 3 is 1.38 bits per heavy atom. The largest absolute Gasteiger partial charge is 0.427 e. The van der Waals surface area contributed by atoms with Crippen LogP contribution in [0.1, 0.15) is 0 Å². The third-order valence-corrected chi connectivity index (χ3v) is 3.63. The van der Waals surface area contributed by atoms with Gasteiger partial charge in [0.2, 0.25) is 0 Å². The highest BCUT2D eigenvalue weighted by Gasteiger charge is 2.17. The quantitative estimate of drug-likeness (QED) is 0.296. The van der Waals surface area contributed by atoms with Crippen LogP contribution < -0.4 is 0 Å². The van der Waals surface area contributed by atoms with E-state index in [2.05, 4.69) is 48.6 Å². The molecular formula is C8H22O5PSi2. The van der Waals surface area contributed by atoms with Crippen molar-refractivity contribution in [2.75, 3.05) is 12.5 Å². The average molecular weight is 285 g/mol. The van der Waals surface area contributed by atoms with Crippen LogP contribution >= 0.6 is 8.25 Å². The molecule has 0 amide bonds. The highest BCUT2D eigenvalue weighted by Crippen LogP contribution is 2.25. The molecule has 0 heterocycles. The predicted octanol–water partition coefficient (Wildman–Crippen LogP) is 3.30. The smallest absolute Gasteiger partial charge is 0.227 e. The minimum Gasteiger partial charge on any atom is -0.227 e. The van der Waals surface area contributed by atoms with Crippen molar-refractivity contribution in [3.8, 4) is 0 Å². The van der Waals surface area contributed by atoms with Gasteiger partial charge in [0.15, 0.2) is 0 Å². The standard InChI is InChI=1S/C8H22O5PSi2/c1-15(2,3)7-10-12-14(9)13-11-8-16(4,5)6/h7-8H2,1-6H3. The van der Waals surface area contributed by atoms with Crippen LogP contribution in [0.5, 0.6) is 0 Å². The summed E-state index contributed by atoms with van der Waals surface area (Å²) in [5.41, 5.74) is 0. The summed E-state index contributed by atoms with van der Waals surface area (Å²) in [4.78, 5) is 9.65. The van der Waals surface area contributed by atoms with E-state index in [1.807, 2.05) is 0 Å². The van der Waals surface area contributed by atoms with E-state index in [0.29, 0.717) is 12.5 Å². The molecule has 0 spiro atoms. The van der Waals surface area contributed by atoms with Gasteiger partial charge >= 0.3 is 8.25 Å². The lowest BCUT2D eigenvalue weighted by molar-refractivity contribution is -0.244. The zero-order valence-electron chi connectivity index (χ0n) is 10.9. The molecule has 0 N–H and O–H groups in total. The third kappa shape index (κ3) is 12.4. The Bertz CT molecular complexity index is 201. The highest BCUT2D eigenvalue weighted by molar-refractivity contribution is 7.33. The van der Waals surface area contributed by atoms with E-state index in [9.17, 15) is 4.57 Å². The molecule has 0 aromatic heterocycles. The maximum absolute atomic E-state index is 11.1. The second kappa shape index (κ2) is 6.95. The van der Waals surface area contributed by atoms with Gasteiger partial charge in [0.25, 0.3) is 0 Å². The molecule has 0 bridgehead atoms. The van der Waals surface area contributed by atoms with Crippen molar-refractivity contribution in [1.82, 2.24) is 0 Å². The Balaban J connectivity index is 3.53. The van der Waals surface area contributed by atoms with Gasteiger partial charge in [0, 0.05) is 0 Å². The fourth-order valence-electron chi connectivity index (χ4n) is 0.505. The van der Waals surface area contributed by atoms with Gasteiger partial charge in [0.1, 0.15) is 0 Å². The molecule has 5 nitrogen and oxygen atoms in total. The lowest BCUT2D eigenvalue weighted by Crippen LogP contribution is -2.28. The Hall–Kier alpha value is 0.374. The van der Waals surface area contributed by atoms with Crippen LogP contribution in [-0.2, 0) is 23.7 Å². The fraction of sp³-hybridized carbons (Fsp3) is 1.00. The van der Waals surface area contributed by atoms with Gasteiger partial charge < -0.3 is 0 Å². The first kappa shape index (κ1) is 16.4. The number of rotatable bonds is 8. The molecule has 0 aliphatic carbocycles. The van der Waals surface area contributed by atoms with Crippen molar-refractivity contribution >= 4 is 24.4 Å². The summed E-state index contributed by atoms with van der Waals surface area (Å²) in [6, 6.07) is 0. The van der Waals surface area contributed by atoms with Crippen LogP contribution in [-0.4, -0.2) is 28.6 Å². The zero-order chi connectivity index (χ0) is 12.8. The van der Waals surface area contributed by atoms with E-state index in [0.717, 1.165) is 0 Å². The van der Waals surface area contributed by atoms with Gasteiger partial charge in [-0.05, 0) is 0 Å². The molecule has 0 saturated carbocycles. The first-order valence-corrected chi connectivity index (χ1v) is 13.7. The molecule has 0 aliphatic rings. The lowest BCUT2D eigenvalue weighted by Gasteiger charge is -2.15. The minimum absolute atomic E-state index is 0.478. The van der Waals surface area contributed by atoms with Gasteiger partial charge in [-0.3, -0.25) is 0 Å². The summed E-state index contributed by atoms with van der Waals surface area (Å²) in [5.74, 6) is 0. The maximum Gasteiger partial charge on any atom is 0.427 e. The zero-order valence-corrected chi connectivity index (χ0v) is 13.8. The molecule has 0 aromatic rings. The molecule has 8 heteroatoms. The Morgan fingerprint density at radius 2 is 1.12 bits per heavy atom. The monoisotopic (exact) mass is 285 g/mol. The van der Waals surface area contributed by atoms with Crippen molar-refractivity contribution in [3.63, 3.8) is 0 Å². The summed E-state index contributed by atoms with van der Waals surface area (Å²) in [5, 5.41) is 0. The van der Waals surface area contributed by atoms with E-state index in [-0.39, 0.29) is 0 Å². The van der Waals surface area contributed by atoms with Gasteiger partial charge in [-0.1, -0.05) is 39.3 Å². The van der Waals surface area contributed by atoms with E-state index in [4.69, 9.17) is 9.78 Å². The molecule has 0 fully saturated rings. The van der Waals surface area contributed by atoms with E-state index < -0.39 is 24.4 Å². The molecule has 0 unspecified atom stereocenters. The van der Waals surface area contributed by atoms with Crippen LogP contribution in [0.15, 0.2) is 0 Å². The first-order valence-electron chi connectivity index (χ1n) is 5.17. The molecule has 16 heavy (non-hydrogen) atoms. The summed E-state index contributed by atoms with van der Waals surface area (Å²) in [7, 11) is -5.04. The highest BCUT2D eigenvalue weighted by atomic mass is 31.1. The molecule has 0 atom stereocenters. The maximum atomic E-state index is 11.1. The SMILES string of the molecule is C[Si](C)(C)COO[P](=O)OOC[Si](C)(C)C. The Morgan fingerprint density at radius 1 is 0.812 bits per heavy atom. The third-order valence-electron chi connectivity index (χ3n) is 1.21. The fourth-order valence-corrected chi connectivity index (χ4v) is 1.83. The summed E-state index contributed by atoms with van der Waals surface area (Å²) >= 11 is 0. The summed E-state index contributed by atoms with van der Waals surface area (Å²) in [6.07, 6.45) is 0.955. The molecule has 97 valence electrons. The molecular weight excluding hydrogens is 263 g/mol. The van der Waals surface area contributed by atoms with E-state index >= 15 is 0 Å². The van der Waals surface area contributed by atoms with Gasteiger partial charge in [-0.25, -0.2) is 14.3 Å².